The molecule has 2 N–H and O–H groups in total. The predicted molar refractivity (Wildman–Crippen MR) is 83.2 cm³/mol. The van der Waals surface area contributed by atoms with E-state index in [9.17, 15) is 9.59 Å². The van der Waals surface area contributed by atoms with E-state index in [1.807, 2.05) is 24.0 Å². The molecule has 2 rings (SSSR count). The second-order valence-corrected chi connectivity index (χ2v) is 5.84. The van der Waals surface area contributed by atoms with Crippen molar-refractivity contribution in [1.29, 1.82) is 0 Å². The number of urea groups is 1. The van der Waals surface area contributed by atoms with Crippen LogP contribution in [0.1, 0.15) is 6.92 Å². The van der Waals surface area contributed by atoms with E-state index in [-0.39, 0.29) is 18.6 Å². The average Bonchev–Trinajstić information content (AvgIpc) is 2.41. The molecule has 7 heteroatoms. The van der Waals surface area contributed by atoms with Crippen LogP contribution in [0.5, 0.6) is 0 Å². The minimum absolute atomic E-state index is 0.114. The second-order valence-electron chi connectivity index (χ2n) is 4.93. The zero-order chi connectivity index (χ0) is 15.2. The highest BCUT2D eigenvalue weighted by Crippen LogP contribution is 2.13. The number of nitrogens with one attached hydrogen (secondary N) is 2. The van der Waals surface area contributed by atoms with Crippen LogP contribution < -0.4 is 10.6 Å². The normalized spacial score (nSPS) is 19.0. The topological polar surface area (TPSA) is 70.7 Å². The summed E-state index contributed by atoms with van der Waals surface area (Å²) >= 11 is 3.31. The van der Waals surface area contributed by atoms with Gasteiger partial charge in [-0.1, -0.05) is 15.9 Å². The number of rotatable bonds is 3. The maximum Gasteiger partial charge on any atom is 0.325 e. The van der Waals surface area contributed by atoms with Crippen LogP contribution in [0.25, 0.3) is 0 Å². The molecule has 1 aromatic carbocycles. The highest BCUT2D eigenvalue weighted by atomic mass is 79.9. The van der Waals surface area contributed by atoms with Crippen LogP contribution in [0.4, 0.5) is 10.5 Å². The Morgan fingerprint density at radius 3 is 2.76 bits per heavy atom. The molecule has 1 aliphatic rings. The van der Waals surface area contributed by atoms with Gasteiger partial charge in [-0.3, -0.25) is 15.0 Å². The Hall–Kier alpha value is -1.44. The van der Waals surface area contributed by atoms with Crippen LogP contribution in [-0.2, 0) is 9.53 Å². The molecule has 1 saturated heterocycles. The van der Waals surface area contributed by atoms with E-state index >= 15 is 0 Å². The molecule has 0 aromatic heterocycles. The molecule has 3 amide bonds. The third-order valence-corrected chi connectivity index (χ3v) is 3.58. The molecule has 21 heavy (non-hydrogen) atoms. The van der Waals surface area contributed by atoms with Gasteiger partial charge in [-0.2, -0.15) is 0 Å². The van der Waals surface area contributed by atoms with Crippen molar-refractivity contribution >= 4 is 33.6 Å². The van der Waals surface area contributed by atoms with Gasteiger partial charge in [0.25, 0.3) is 0 Å². The molecule has 1 heterocycles. The van der Waals surface area contributed by atoms with Gasteiger partial charge in [0.1, 0.15) is 0 Å². The quantitative estimate of drug-likeness (QED) is 0.867. The molecule has 0 unspecified atom stereocenters. The van der Waals surface area contributed by atoms with Gasteiger partial charge in [0.05, 0.1) is 19.3 Å². The van der Waals surface area contributed by atoms with Gasteiger partial charge in [-0.05, 0) is 31.2 Å². The Morgan fingerprint density at radius 1 is 1.38 bits per heavy atom. The summed E-state index contributed by atoms with van der Waals surface area (Å²) in [5.74, 6) is -0.321. The minimum Gasteiger partial charge on any atom is -0.376 e. The van der Waals surface area contributed by atoms with Crippen molar-refractivity contribution in [1.82, 2.24) is 10.2 Å². The fraction of sp³-hybridized carbons (Fsp3) is 0.429. The summed E-state index contributed by atoms with van der Waals surface area (Å²) in [6.07, 6.45) is 0.114. The molecule has 0 saturated carbocycles. The number of morpholine rings is 1. The van der Waals surface area contributed by atoms with Crippen LogP contribution in [0.15, 0.2) is 28.7 Å². The molecule has 6 nitrogen and oxygen atoms in total. The first-order valence-electron chi connectivity index (χ1n) is 6.73. The van der Waals surface area contributed by atoms with Gasteiger partial charge in [-0.15, -0.1) is 0 Å². The van der Waals surface area contributed by atoms with E-state index in [0.717, 1.165) is 4.47 Å². The summed E-state index contributed by atoms with van der Waals surface area (Å²) in [5.41, 5.74) is 0.628. The number of carbonyl (C=O) groups is 2. The van der Waals surface area contributed by atoms with Crippen molar-refractivity contribution in [2.24, 2.45) is 0 Å². The number of amides is 3. The highest BCUT2D eigenvalue weighted by Gasteiger charge is 2.19. The van der Waals surface area contributed by atoms with Gasteiger partial charge in [0.2, 0.25) is 5.91 Å². The smallest absolute Gasteiger partial charge is 0.325 e. The number of anilines is 1. The van der Waals surface area contributed by atoms with E-state index in [0.29, 0.717) is 25.4 Å². The molecule has 0 radical (unpaired) electrons. The van der Waals surface area contributed by atoms with Crippen molar-refractivity contribution in [2.45, 2.75) is 13.0 Å². The Morgan fingerprint density at radius 2 is 2.10 bits per heavy atom. The van der Waals surface area contributed by atoms with Crippen LogP contribution in [0.2, 0.25) is 0 Å². The first-order chi connectivity index (χ1) is 10.0. The van der Waals surface area contributed by atoms with E-state index in [1.165, 1.54) is 0 Å². The summed E-state index contributed by atoms with van der Waals surface area (Å²) in [6.45, 7) is 4.17. The molecular weight excluding hydrogens is 338 g/mol. The Kier molecular flexibility index (Phi) is 5.72. The molecule has 1 fully saturated rings. The highest BCUT2D eigenvalue weighted by molar-refractivity contribution is 9.10. The number of benzene rings is 1. The summed E-state index contributed by atoms with van der Waals surface area (Å²) in [4.78, 5) is 25.5. The van der Waals surface area contributed by atoms with E-state index in [2.05, 4.69) is 26.6 Å². The zero-order valence-corrected chi connectivity index (χ0v) is 13.4. The zero-order valence-electron chi connectivity index (χ0n) is 11.8. The maximum absolute atomic E-state index is 11.8. The summed E-state index contributed by atoms with van der Waals surface area (Å²) < 4.78 is 6.33. The first kappa shape index (κ1) is 15.9. The SMILES string of the molecule is C[C@@H]1CN(CC(=O)NC(=O)Nc2ccc(Br)cc2)CCO1. The lowest BCUT2D eigenvalue weighted by Gasteiger charge is -2.30. The van der Waals surface area contributed by atoms with E-state index < -0.39 is 6.03 Å². The van der Waals surface area contributed by atoms with Crippen LogP contribution in [0, 0.1) is 0 Å². The van der Waals surface area contributed by atoms with Gasteiger partial charge >= 0.3 is 6.03 Å². The maximum atomic E-state index is 11.8. The third-order valence-electron chi connectivity index (χ3n) is 3.05. The number of hydrogen-bond acceptors (Lipinski definition) is 4. The molecule has 1 atom stereocenters. The fourth-order valence-electron chi connectivity index (χ4n) is 2.10. The van der Waals surface area contributed by atoms with Crippen molar-refractivity contribution in [3.8, 4) is 0 Å². The lowest BCUT2D eigenvalue weighted by Crippen LogP contribution is -2.47. The van der Waals surface area contributed by atoms with Crippen molar-refractivity contribution < 1.29 is 14.3 Å². The Balaban J connectivity index is 1.76. The molecule has 1 aliphatic heterocycles. The molecular formula is C14H18BrN3O3. The number of halogens is 1. The number of imide groups is 1. The first-order valence-corrected chi connectivity index (χ1v) is 7.52. The fourth-order valence-corrected chi connectivity index (χ4v) is 2.36. The molecule has 0 spiro atoms. The van der Waals surface area contributed by atoms with Crippen molar-refractivity contribution in [3.05, 3.63) is 28.7 Å². The largest absolute Gasteiger partial charge is 0.376 e. The summed E-state index contributed by atoms with van der Waals surface area (Å²) in [5, 5.41) is 4.93. The van der Waals surface area contributed by atoms with Gasteiger partial charge in [-0.25, -0.2) is 4.79 Å². The van der Waals surface area contributed by atoms with Crippen LogP contribution in [0.3, 0.4) is 0 Å². The van der Waals surface area contributed by atoms with Crippen LogP contribution >= 0.6 is 15.9 Å². The van der Waals surface area contributed by atoms with E-state index in [4.69, 9.17) is 4.74 Å². The van der Waals surface area contributed by atoms with E-state index in [1.54, 1.807) is 12.1 Å². The number of hydrogen-bond donors (Lipinski definition) is 2. The van der Waals surface area contributed by atoms with Gasteiger partial charge in [0.15, 0.2) is 0 Å². The molecule has 1 aromatic rings. The molecule has 0 bridgehead atoms. The minimum atomic E-state index is -0.524. The monoisotopic (exact) mass is 355 g/mol. The van der Waals surface area contributed by atoms with Gasteiger partial charge in [0, 0.05) is 23.2 Å². The summed E-state index contributed by atoms with van der Waals surface area (Å²) in [6, 6.07) is 6.60. The number of carbonyl (C=O) groups excluding carboxylic acids is 2. The Labute approximate surface area is 132 Å². The number of ether oxygens (including phenoxy) is 1. The van der Waals surface area contributed by atoms with Gasteiger partial charge < -0.3 is 10.1 Å². The Bertz CT molecular complexity index is 507. The number of nitrogens with zero attached hydrogens (tertiary/aromatic N) is 1. The predicted octanol–water partition coefficient (Wildman–Crippen LogP) is 1.82. The summed E-state index contributed by atoms with van der Waals surface area (Å²) in [7, 11) is 0. The average molecular weight is 356 g/mol. The third kappa shape index (κ3) is 5.45. The van der Waals surface area contributed by atoms with Crippen LogP contribution in [-0.4, -0.2) is 49.2 Å². The standard InChI is InChI=1S/C14H18BrN3O3/c1-10-8-18(6-7-21-10)9-13(19)17-14(20)16-12-4-2-11(15)3-5-12/h2-5,10H,6-9H2,1H3,(H2,16,17,19,20)/t10-/m1/s1. The van der Waals surface area contributed by atoms with Crippen molar-refractivity contribution in [2.75, 3.05) is 31.6 Å². The lowest BCUT2D eigenvalue weighted by atomic mass is 10.3. The molecule has 114 valence electrons. The molecule has 0 aliphatic carbocycles. The lowest BCUT2D eigenvalue weighted by molar-refractivity contribution is -0.122. The van der Waals surface area contributed by atoms with Crippen molar-refractivity contribution in [3.63, 3.8) is 0 Å². The second kappa shape index (κ2) is 7.53.